The van der Waals surface area contributed by atoms with E-state index < -0.39 is 0 Å². The van der Waals surface area contributed by atoms with Crippen LogP contribution in [0.4, 0.5) is 0 Å². The molecule has 2 unspecified atom stereocenters. The number of nitrogens with one attached hydrogen (secondary N) is 2. The highest BCUT2D eigenvalue weighted by molar-refractivity contribution is 5.07. The number of rotatable bonds is 3. The van der Waals surface area contributed by atoms with E-state index in [2.05, 4.69) is 43.0 Å². The first-order chi connectivity index (χ1) is 9.33. The van der Waals surface area contributed by atoms with Crippen LogP contribution in [0, 0.1) is 5.92 Å². The standard InChI is InChI=1S/C16H27N3O/c1-11-6-5-7-12(8-11)15-18-13(9-14(20)19-15)10-17-16(2,3)4/h9,11-12,17H,5-8,10H2,1-4H3,(H,18,19,20). The van der Waals surface area contributed by atoms with Gasteiger partial charge in [-0.25, -0.2) is 4.98 Å². The van der Waals surface area contributed by atoms with Gasteiger partial charge < -0.3 is 10.3 Å². The Kier molecular flexibility index (Phi) is 4.63. The van der Waals surface area contributed by atoms with Gasteiger partial charge in [-0.2, -0.15) is 0 Å². The van der Waals surface area contributed by atoms with Gasteiger partial charge in [0.15, 0.2) is 0 Å². The minimum atomic E-state index is -0.0288. The van der Waals surface area contributed by atoms with Gasteiger partial charge in [-0.05, 0) is 39.5 Å². The summed E-state index contributed by atoms with van der Waals surface area (Å²) >= 11 is 0. The molecule has 1 heterocycles. The molecule has 1 aliphatic carbocycles. The zero-order valence-corrected chi connectivity index (χ0v) is 13.1. The molecule has 1 aliphatic rings. The highest BCUT2D eigenvalue weighted by Gasteiger charge is 2.22. The van der Waals surface area contributed by atoms with Gasteiger partial charge >= 0.3 is 0 Å². The van der Waals surface area contributed by atoms with Crippen molar-refractivity contribution in [2.75, 3.05) is 0 Å². The van der Waals surface area contributed by atoms with Gasteiger partial charge in [0.2, 0.25) is 0 Å². The summed E-state index contributed by atoms with van der Waals surface area (Å²) in [6.45, 7) is 9.27. The lowest BCUT2D eigenvalue weighted by molar-refractivity contribution is 0.333. The molecule has 2 N–H and O–H groups in total. The third-order valence-electron chi connectivity index (χ3n) is 3.94. The van der Waals surface area contributed by atoms with E-state index >= 15 is 0 Å². The highest BCUT2D eigenvalue weighted by atomic mass is 16.1. The number of H-pyrrole nitrogens is 1. The van der Waals surface area contributed by atoms with Crippen LogP contribution in [0.1, 0.15) is 70.8 Å². The van der Waals surface area contributed by atoms with Gasteiger partial charge in [0.25, 0.3) is 5.56 Å². The molecule has 0 spiro atoms. The maximum Gasteiger partial charge on any atom is 0.251 e. The maximum atomic E-state index is 11.8. The molecule has 0 aliphatic heterocycles. The van der Waals surface area contributed by atoms with Gasteiger partial charge in [-0.15, -0.1) is 0 Å². The van der Waals surface area contributed by atoms with E-state index in [4.69, 9.17) is 0 Å². The Bertz CT molecular complexity index is 501. The molecule has 112 valence electrons. The number of aromatic nitrogens is 2. The minimum absolute atomic E-state index is 0.0288. The third-order valence-corrected chi connectivity index (χ3v) is 3.94. The fourth-order valence-electron chi connectivity index (χ4n) is 2.85. The van der Waals surface area contributed by atoms with Gasteiger partial charge in [-0.3, -0.25) is 4.79 Å². The largest absolute Gasteiger partial charge is 0.310 e. The summed E-state index contributed by atoms with van der Waals surface area (Å²) in [4.78, 5) is 19.5. The van der Waals surface area contributed by atoms with E-state index in [0.717, 1.165) is 30.3 Å². The zero-order chi connectivity index (χ0) is 14.8. The van der Waals surface area contributed by atoms with Gasteiger partial charge in [-0.1, -0.05) is 19.8 Å². The average molecular weight is 277 g/mol. The summed E-state index contributed by atoms with van der Waals surface area (Å²) in [7, 11) is 0. The summed E-state index contributed by atoms with van der Waals surface area (Å²) in [5.41, 5.74) is 0.847. The molecular weight excluding hydrogens is 250 g/mol. The number of hydrogen-bond donors (Lipinski definition) is 2. The van der Waals surface area contributed by atoms with E-state index in [0.29, 0.717) is 12.5 Å². The SMILES string of the molecule is CC1CCCC(c2nc(CNC(C)(C)C)cc(=O)[nH]2)C1. The normalized spacial score (nSPS) is 23.8. The first-order valence-electron chi connectivity index (χ1n) is 7.68. The first kappa shape index (κ1) is 15.2. The molecule has 1 aromatic rings. The Morgan fingerprint density at radius 3 is 2.80 bits per heavy atom. The Hall–Kier alpha value is -1.16. The second kappa shape index (κ2) is 6.08. The maximum absolute atomic E-state index is 11.8. The molecule has 4 nitrogen and oxygen atoms in total. The van der Waals surface area contributed by atoms with Crippen LogP contribution in [0.5, 0.6) is 0 Å². The summed E-state index contributed by atoms with van der Waals surface area (Å²) < 4.78 is 0. The van der Waals surface area contributed by atoms with Crippen LogP contribution in [0.25, 0.3) is 0 Å². The van der Waals surface area contributed by atoms with Crippen molar-refractivity contribution < 1.29 is 0 Å². The molecule has 20 heavy (non-hydrogen) atoms. The quantitative estimate of drug-likeness (QED) is 0.893. The van der Waals surface area contributed by atoms with Crippen molar-refractivity contribution in [1.82, 2.24) is 15.3 Å². The summed E-state index contributed by atoms with van der Waals surface area (Å²) in [6, 6.07) is 1.61. The van der Waals surface area contributed by atoms with Crippen LogP contribution in [0.3, 0.4) is 0 Å². The van der Waals surface area contributed by atoms with Crippen molar-refractivity contribution in [2.24, 2.45) is 5.92 Å². The Labute approximate surface area is 121 Å². The molecule has 0 saturated heterocycles. The van der Waals surface area contributed by atoms with Crippen LogP contribution in [-0.4, -0.2) is 15.5 Å². The summed E-state index contributed by atoms with van der Waals surface area (Å²) in [6.07, 6.45) is 4.81. The molecule has 1 fully saturated rings. The lowest BCUT2D eigenvalue weighted by atomic mass is 9.82. The van der Waals surface area contributed by atoms with E-state index in [-0.39, 0.29) is 11.1 Å². The summed E-state index contributed by atoms with van der Waals surface area (Å²) in [5.74, 6) is 2.03. The molecule has 0 radical (unpaired) electrons. The molecule has 2 atom stereocenters. The Morgan fingerprint density at radius 2 is 2.15 bits per heavy atom. The Balaban J connectivity index is 2.14. The summed E-state index contributed by atoms with van der Waals surface area (Å²) in [5, 5.41) is 3.39. The van der Waals surface area contributed by atoms with E-state index in [9.17, 15) is 4.79 Å². The molecule has 0 amide bonds. The van der Waals surface area contributed by atoms with Crippen molar-refractivity contribution in [3.8, 4) is 0 Å². The van der Waals surface area contributed by atoms with Crippen LogP contribution in [-0.2, 0) is 6.54 Å². The predicted octanol–water partition coefficient (Wildman–Crippen LogP) is 2.95. The average Bonchev–Trinajstić information content (AvgIpc) is 2.35. The molecule has 2 rings (SSSR count). The topological polar surface area (TPSA) is 57.8 Å². The predicted molar refractivity (Wildman–Crippen MR) is 81.8 cm³/mol. The van der Waals surface area contributed by atoms with Gasteiger partial charge in [0.1, 0.15) is 5.82 Å². The van der Waals surface area contributed by atoms with Crippen molar-refractivity contribution in [3.63, 3.8) is 0 Å². The van der Waals surface area contributed by atoms with Crippen molar-refractivity contribution in [2.45, 2.75) is 71.4 Å². The lowest BCUT2D eigenvalue weighted by Crippen LogP contribution is -2.36. The number of hydrogen-bond acceptors (Lipinski definition) is 3. The highest BCUT2D eigenvalue weighted by Crippen LogP contribution is 2.33. The second-order valence-electron chi connectivity index (χ2n) is 7.19. The Morgan fingerprint density at radius 1 is 1.40 bits per heavy atom. The fourth-order valence-corrected chi connectivity index (χ4v) is 2.85. The van der Waals surface area contributed by atoms with Gasteiger partial charge in [0, 0.05) is 24.1 Å². The molecule has 0 aromatic carbocycles. The van der Waals surface area contributed by atoms with Crippen LogP contribution >= 0.6 is 0 Å². The molecule has 1 saturated carbocycles. The minimum Gasteiger partial charge on any atom is -0.310 e. The van der Waals surface area contributed by atoms with Crippen LogP contribution in [0.15, 0.2) is 10.9 Å². The third kappa shape index (κ3) is 4.44. The van der Waals surface area contributed by atoms with Crippen molar-refractivity contribution in [3.05, 3.63) is 27.9 Å². The van der Waals surface area contributed by atoms with Gasteiger partial charge in [0.05, 0.1) is 5.69 Å². The monoisotopic (exact) mass is 277 g/mol. The second-order valence-corrected chi connectivity index (χ2v) is 7.19. The molecular formula is C16H27N3O. The molecule has 4 heteroatoms. The first-order valence-corrected chi connectivity index (χ1v) is 7.68. The smallest absolute Gasteiger partial charge is 0.251 e. The van der Waals surface area contributed by atoms with Crippen molar-refractivity contribution in [1.29, 1.82) is 0 Å². The number of aromatic amines is 1. The number of nitrogens with zero attached hydrogens (tertiary/aromatic N) is 1. The van der Waals surface area contributed by atoms with Crippen LogP contribution < -0.4 is 10.9 Å². The van der Waals surface area contributed by atoms with Crippen LogP contribution in [0.2, 0.25) is 0 Å². The fraction of sp³-hybridized carbons (Fsp3) is 0.750. The van der Waals surface area contributed by atoms with E-state index in [1.165, 1.54) is 12.8 Å². The lowest BCUT2D eigenvalue weighted by Gasteiger charge is -2.26. The van der Waals surface area contributed by atoms with E-state index in [1.807, 2.05) is 0 Å². The van der Waals surface area contributed by atoms with E-state index in [1.54, 1.807) is 6.07 Å². The molecule has 0 bridgehead atoms. The molecule has 1 aromatic heterocycles. The zero-order valence-electron chi connectivity index (χ0n) is 13.1. The van der Waals surface area contributed by atoms with Crippen molar-refractivity contribution >= 4 is 0 Å².